The highest BCUT2D eigenvalue weighted by Gasteiger charge is 2.27. The van der Waals surface area contributed by atoms with Gasteiger partial charge in [0.05, 0.1) is 27.7 Å². The Morgan fingerprint density at radius 3 is 1.42 bits per heavy atom. The Morgan fingerprint density at radius 1 is 0.542 bits per heavy atom. The summed E-state index contributed by atoms with van der Waals surface area (Å²) in [5.41, 5.74) is 0. The van der Waals surface area contributed by atoms with Gasteiger partial charge in [0.15, 0.2) is 6.10 Å². The predicted octanol–water partition coefficient (Wildman–Crippen LogP) is 13.6. The number of nitrogens with zero attached hydrogens (tertiary/aromatic N) is 1. The van der Waals surface area contributed by atoms with Gasteiger partial charge in [-0.3, -0.25) is 18.6 Å². The first-order valence-corrected chi connectivity index (χ1v) is 25.0. The van der Waals surface area contributed by atoms with Gasteiger partial charge in [-0.05, 0) is 51.4 Å². The zero-order valence-electron chi connectivity index (χ0n) is 38.5. The molecule has 342 valence electrons. The quantitative estimate of drug-likeness (QED) is 0.0213. The van der Waals surface area contributed by atoms with Crippen LogP contribution in [0.5, 0.6) is 0 Å². The number of esters is 2. The minimum atomic E-state index is -4.39. The van der Waals surface area contributed by atoms with Crippen LogP contribution >= 0.6 is 7.82 Å². The van der Waals surface area contributed by atoms with Crippen LogP contribution in [0.4, 0.5) is 0 Å². The van der Waals surface area contributed by atoms with Crippen LogP contribution in [0.25, 0.3) is 0 Å². The van der Waals surface area contributed by atoms with Crippen LogP contribution in [0.15, 0.2) is 60.8 Å². The first-order chi connectivity index (χ1) is 28.5. The van der Waals surface area contributed by atoms with E-state index in [2.05, 4.69) is 74.6 Å². The predicted molar refractivity (Wildman–Crippen MR) is 247 cm³/mol. The lowest BCUT2D eigenvalue weighted by Gasteiger charge is -2.24. The Hall–Kier alpha value is -2.29. The molecule has 0 amide bonds. The number of unbranched alkanes of at least 4 members (excludes halogenated alkanes) is 18. The highest BCUT2D eigenvalue weighted by Crippen LogP contribution is 2.43. The van der Waals surface area contributed by atoms with Crippen molar-refractivity contribution >= 4 is 19.8 Å². The molecule has 0 saturated heterocycles. The van der Waals surface area contributed by atoms with Crippen LogP contribution in [0.3, 0.4) is 0 Å². The van der Waals surface area contributed by atoms with Crippen LogP contribution in [0, 0.1) is 0 Å². The van der Waals surface area contributed by atoms with Crippen molar-refractivity contribution in [2.75, 3.05) is 47.5 Å². The van der Waals surface area contributed by atoms with E-state index < -0.39 is 32.5 Å². The number of ether oxygens (including phenoxy) is 2. The van der Waals surface area contributed by atoms with Crippen LogP contribution < -0.4 is 0 Å². The van der Waals surface area contributed by atoms with E-state index in [0.717, 1.165) is 51.4 Å². The molecular formula is C49H89NO8P+. The van der Waals surface area contributed by atoms with Crippen molar-refractivity contribution in [2.24, 2.45) is 0 Å². The molecule has 0 spiro atoms. The van der Waals surface area contributed by atoms with Crippen molar-refractivity contribution in [1.29, 1.82) is 0 Å². The fourth-order valence-electron chi connectivity index (χ4n) is 6.17. The Balaban J connectivity index is 4.39. The summed E-state index contributed by atoms with van der Waals surface area (Å²) in [6.45, 7) is 4.25. The molecule has 0 heterocycles. The zero-order valence-corrected chi connectivity index (χ0v) is 39.4. The first kappa shape index (κ1) is 56.7. The largest absolute Gasteiger partial charge is 0.472 e. The average Bonchev–Trinajstić information content (AvgIpc) is 3.19. The summed E-state index contributed by atoms with van der Waals surface area (Å²) in [7, 11) is 1.44. The smallest absolute Gasteiger partial charge is 0.462 e. The van der Waals surface area contributed by atoms with Gasteiger partial charge in [0, 0.05) is 12.8 Å². The standard InChI is InChI=1S/C49H88NO8P/c1-6-8-10-12-14-16-18-20-22-24-26-28-30-32-34-36-38-40-42-49(52)58-47(46-57-59(53,54)56-44-43-50(3,4)5)45-55-48(51)41-39-37-35-33-31-29-27-25-23-21-19-17-15-13-11-9-7-2/h9,11,15,17,21,23,27,29,33,35,47H,6-8,10,12-14,16,18-20,22,24-26,28,30-32,34,36-46H2,1-5H3/p+1/b11-9-,17-15-,23-21-,29-27-,35-33-/t47-/m1/s1. The maximum atomic E-state index is 12.7. The van der Waals surface area contributed by atoms with Gasteiger partial charge in [-0.1, -0.05) is 184 Å². The van der Waals surface area contributed by atoms with E-state index in [4.69, 9.17) is 18.5 Å². The molecule has 0 bridgehead atoms. The van der Waals surface area contributed by atoms with E-state index >= 15 is 0 Å². The summed E-state index contributed by atoms with van der Waals surface area (Å²) in [4.78, 5) is 35.4. The van der Waals surface area contributed by atoms with Gasteiger partial charge >= 0.3 is 19.8 Å². The van der Waals surface area contributed by atoms with Crippen molar-refractivity contribution in [1.82, 2.24) is 0 Å². The molecule has 0 saturated carbocycles. The van der Waals surface area contributed by atoms with Crippen molar-refractivity contribution < 1.29 is 42.1 Å². The Morgan fingerprint density at radius 2 is 0.966 bits per heavy atom. The number of phosphoric acid groups is 1. The van der Waals surface area contributed by atoms with E-state index in [1.165, 1.54) is 96.3 Å². The van der Waals surface area contributed by atoms with Crippen LogP contribution in [-0.2, 0) is 32.7 Å². The van der Waals surface area contributed by atoms with E-state index in [1.54, 1.807) is 0 Å². The maximum absolute atomic E-state index is 12.7. The number of carbonyl (C=O) groups is 2. The summed E-state index contributed by atoms with van der Waals surface area (Å²) >= 11 is 0. The fraction of sp³-hybridized carbons (Fsp3) is 0.755. The molecular weight excluding hydrogens is 762 g/mol. The highest BCUT2D eigenvalue weighted by molar-refractivity contribution is 7.47. The number of quaternary nitrogens is 1. The molecule has 2 atom stereocenters. The normalized spacial score (nSPS) is 14.1. The molecule has 0 aliphatic carbocycles. The summed E-state index contributed by atoms with van der Waals surface area (Å²) in [6.07, 6.45) is 49.9. The number of likely N-dealkylation sites (N-methyl/N-ethyl adjacent to an activating group) is 1. The number of rotatable bonds is 42. The first-order valence-electron chi connectivity index (χ1n) is 23.5. The molecule has 0 aromatic carbocycles. The SMILES string of the molecule is CC/C=C\C/C=C\C/C=C\C/C=C\C/C=C\CCCC(=O)OC[C@H](COP(=O)(O)OCC[N+](C)(C)C)OC(=O)CCCCCCCCCCCCCCCCCCCC. The Bertz CT molecular complexity index is 1190. The number of hydrogen-bond donors (Lipinski definition) is 1. The van der Waals surface area contributed by atoms with Crippen LogP contribution in [0.1, 0.15) is 187 Å². The second kappa shape index (κ2) is 41.1. The van der Waals surface area contributed by atoms with Crippen LogP contribution in [0.2, 0.25) is 0 Å². The zero-order chi connectivity index (χ0) is 43.6. The van der Waals surface area contributed by atoms with Gasteiger partial charge in [0.2, 0.25) is 0 Å². The third kappa shape index (κ3) is 45.1. The summed E-state index contributed by atoms with van der Waals surface area (Å²) in [5, 5.41) is 0. The van der Waals surface area contributed by atoms with Gasteiger partial charge in [-0.2, -0.15) is 0 Å². The lowest BCUT2D eigenvalue weighted by Crippen LogP contribution is -2.37. The van der Waals surface area contributed by atoms with Crippen molar-refractivity contribution in [3.63, 3.8) is 0 Å². The minimum Gasteiger partial charge on any atom is -0.462 e. The molecule has 0 aromatic heterocycles. The fourth-order valence-corrected chi connectivity index (χ4v) is 6.91. The molecule has 9 nitrogen and oxygen atoms in total. The molecule has 1 N–H and O–H groups in total. The van der Waals surface area contributed by atoms with E-state index in [9.17, 15) is 19.0 Å². The molecule has 0 aliphatic rings. The van der Waals surface area contributed by atoms with E-state index in [0.29, 0.717) is 23.9 Å². The molecule has 59 heavy (non-hydrogen) atoms. The number of allylic oxidation sites excluding steroid dienone is 10. The van der Waals surface area contributed by atoms with Crippen molar-refractivity contribution in [3.8, 4) is 0 Å². The monoisotopic (exact) mass is 851 g/mol. The lowest BCUT2D eigenvalue weighted by molar-refractivity contribution is -0.870. The Labute approximate surface area is 362 Å². The number of carbonyl (C=O) groups excluding carboxylic acids is 2. The number of phosphoric ester groups is 1. The summed E-state index contributed by atoms with van der Waals surface area (Å²) in [6, 6.07) is 0. The molecule has 0 aromatic rings. The molecule has 0 radical (unpaired) electrons. The van der Waals surface area contributed by atoms with E-state index in [-0.39, 0.29) is 26.1 Å². The van der Waals surface area contributed by atoms with E-state index in [1.807, 2.05) is 21.1 Å². The van der Waals surface area contributed by atoms with Gasteiger partial charge in [0.1, 0.15) is 19.8 Å². The second-order valence-electron chi connectivity index (χ2n) is 16.8. The second-order valence-corrected chi connectivity index (χ2v) is 18.2. The van der Waals surface area contributed by atoms with Gasteiger partial charge in [-0.15, -0.1) is 0 Å². The molecule has 1 unspecified atom stereocenters. The molecule has 0 rings (SSSR count). The summed E-state index contributed by atoms with van der Waals surface area (Å²) in [5.74, 6) is -0.864. The van der Waals surface area contributed by atoms with Crippen molar-refractivity contribution in [2.45, 2.75) is 193 Å². The van der Waals surface area contributed by atoms with Gasteiger partial charge < -0.3 is 18.9 Å². The lowest BCUT2D eigenvalue weighted by atomic mass is 10.0. The highest BCUT2D eigenvalue weighted by atomic mass is 31.2. The molecule has 10 heteroatoms. The third-order valence-corrected chi connectivity index (χ3v) is 10.8. The molecule has 0 fully saturated rings. The topological polar surface area (TPSA) is 108 Å². The number of hydrogen-bond acceptors (Lipinski definition) is 7. The average molecular weight is 851 g/mol. The van der Waals surface area contributed by atoms with Crippen molar-refractivity contribution in [3.05, 3.63) is 60.8 Å². The van der Waals surface area contributed by atoms with Gasteiger partial charge in [-0.25, -0.2) is 4.57 Å². The van der Waals surface area contributed by atoms with Crippen LogP contribution in [-0.4, -0.2) is 74.9 Å². The van der Waals surface area contributed by atoms with Gasteiger partial charge in [0.25, 0.3) is 0 Å². The third-order valence-electron chi connectivity index (χ3n) is 9.81. The Kier molecular flexibility index (Phi) is 39.5. The summed E-state index contributed by atoms with van der Waals surface area (Å²) < 4.78 is 34.3. The maximum Gasteiger partial charge on any atom is 0.472 e. The molecule has 0 aliphatic heterocycles. The minimum absolute atomic E-state index is 0.0218.